The summed E-state index contributed by atoms with van der Waals surface area (Å²) in [5, 5.41) is 0.590. The van der Waals surface area contributed by atoms with Gasteiger partial charge in [-0.2, -0.15) is 0 Å². The number of nitrogen functional groups attached to an aromatic ring is 1. The number of carbonyl (C=O) groups is 1. The van der Waals surface area contributed by atoms with Gasteiger partial charge in [0.25, 0.3) is 0 Å². The number of carbonyl (C=O) groups excluding carboxylic acids is 1. The second kappa shape index (κ2) is 4.93. The van der Waals surface area contributed by atoms with Crippen molar-refractivity contribution in [3.63, 3.8) is 0 Å². The molecular formula is C13H14ClN3O2. The van der Waals surface area contributed by atoms with Crippen molar-refractivity contribution < 1.29 is 9.53 Å². The number of nitrogens with two attached hydrogens (primary N) is 1. The largest absolute Gasteiger partial charge is 0.464 e. The van der Waals surface area contributed by atoms with Crippen LogP contribution in [0.4, 0.5) is 5.82 Å². The Kier molecular flexibility index (Phi) is 3.48. The van der Waals surface area contributed by atoms with Gasteiger partial charge in [0.05, 0.1) is 12.8 Å². The third-order valence-corrected chi connectivity index (χ3v) is 3.11. The van der Waals surface area contributed by atoms with E-state index in [0.29, 0.717) is 10.8 Å². The quantitative estimate of drug-likeness (QED) is 0.858. The molecule has 0 saturated carbocycles. The van der Waals surface area contributed by atoms with Crippen LogP contribution in [0.3, 0.4) is 0 Å². The van der Waals surface area contributed by atoms with Crippen LogP contribution in [0.15, 0.2) is 18.2 Å². The number of methoxy groups -OCH3 is 1. The zero-order valence-corrected chi connectivity index (χ0v) is 11.7. The first-order valence-corrected chi connectivity index (χ1v) is 6.03. The van der Waals surface area contributed by atoms with E-state index in [1.807, 2.05) is 13.0 Å². The van der Waals surface area contributed by atoms with Crippen LogP contribution in [-0.2, 0) is 4.74 Å². The summed E-state index contributed by atoms with van der Waals surface area (Å²) in [5.74, 6) is 0.289. The molecule has 2 aromatic rings. The fourth-order valence-corrected chi connectivity index (χ4v) is 2.09. The van der Waals surface area contributed by atoms with E-state index in [1.165, 1.54) is 7.11 Å². The Bertz CT molecular complexity index is 650. The van der Waals surface area contributed by atoms with E-state index in [1.54, 1.807) is 23.6 Å². The van der Waals surface area contributed by atoms with Crippen LogP contribution in [-0.4, -0.2) is 22.6 Å². The third-order valence-electron chi connectivity index (χ3n) is 2.87. The van der Waals surface area contributed by atoms with Crippen LogP contribution in [0.25, 0.3) is 5.69 Å². The van der Waals surface area contributed by atoms with Gasteiger partial charge in [-0.15, -0.1) is 0 Å². The summed E-state index contributed by atoms with van der Waals surface area (Å²) >= 11 is 6.00. The second-order valence-corrected chi connectivity index (χ2v) is 4.59. The monoisotopic (exact) mass is 279 g/mol. The van der Waals surface area contributed by atoms with Crippen molar-refractivity contribution in [3.05, 3.63) is 40.3 Å². The molecule has 0 aliphatic rings. The molecule has 1 aromatic carbocycles. The van der Waals surface area contributed by atoms with Crippen LogP contribution < -0.4 is 5.73 Å². The molecule has 0 amide bonds. The number of aromatic nitrogens is 2. The number of halogens is 1. The second-order valence-electron chi connectivity index (χ2n) is 4.15. The van der Waals surface area contributed by atoms with E-state index in [-0.39, 0.29) is 11.5 Å². The van der Waals surface area contributed by atoms with E-state index in [0.717, 1.165) is 11.3 Å². The zero-order chi connectivity index (χ0) is 14.2. The third kappa shape index (κ3) is 2.29. The Hall–Kier alpha value is -2.01. The highest BCUT2D eigenvalue weighted by atomic mass is 35.5. The Morgan fingerprint density at radius 2 is 2.11 bits per heavy atom. The lowest BCUT2D eigenvalue weighted by atomic mass is 10.2. The van der Waals surface area contributed by atoms with Gasteiger partial charge in [0.2, 0.25) is 0 Å². The molecule has 0 unspecified atom stereocenters. The fraction of sp³-hybridized carbons (Fsp3) is 0.231. The van der Waals surface area contributed by atoms with Crippen LogP contribution in [0.1, 0.15) is 21.9 Å². The predicted molar refractivity (Wildman–Crippen MR) is 73.8 cm³/mol. The van der Waals surface area contributed by atoms with Gasteiger partial charge in [-0.25, -0.2) is 9.78 Å². The summed E-state index contributed by atoms with van der Waals surface area (Å²) < 4.78 is 6.34. The SMILES string of the molecule is COC(=O)c1nc(C)n(-c2cc(Cl)ccc2C)c1N. The number of hydrogen-bond acceptors (Lipinski definition) is 4. The van der Waals surface area contributed by atoms with Gasteiger partial charge in [0.1, 0.15) is 11.6 Å². The van der Waals surface area contributed by atoms with E-state index < -0.39 is 5.97 Å². The number of hydrogen-bond donors (Lipinski definition) is 1. The lowest BCUT2D eigenvalue weighted by Gasteiger charge is -2.11. The van der Waals surface area contributed by atoms with Gasteiger partial charge >= 0.3 is 5.97 Å². The highest BCUT2D eigenvalue weighted by Crippen LogP contribution is 2.26. The fourth-order valence-electron chi connectivity index (χ4n) is 1.92. The molecule has 0 radical (unpaired) electrons. The number of rotatable bonds is 2. The molecule has 0 fully saturated rings. The number of aryl methyl sites for hydroxylation is 2. The van der Waals surface area contributed by atoms with Crippen molar-refractivity contribution in [3.8, 4) is 5.69 Å². The van der Waals surface area contributed by atoms with Crippen LogP contribution in [0.5, 0.6) is 0 Å². The van der Waals surface area contributed by atoms with Gasteiger partial charge in [0.15, 0.2) is 5.69 Å². The van der Waals surface area contributed by atoms with Gasteiger partial charge < -0.3 is 10.5 Å². The first-order chi connectivity index (χ1) is 8.95. The molecule has 2 N–H and O–H groups in total. The normalized spacial score (nSPS) is 10.5. The average molecular weight is 280 g/mol. The minimum Gasteiger partial charge on any atom is -0.464 e. The Morgan fingerprint density at radius 1 is 1.42 bits per heavy atom. The number of anilines is 1. The Labute approximate surface area is 116 Å². The molecule has 100 valence electrons. The predicted octanol–water partition coefficient (Wildman–Crippen LogP) is 2.51. The Balaban J connectivity index is 2.66. The van der Waals surface area contributed by atoms with Crippen molar-refractivity contribution >= 4 is 23.4 Å². The van der Waals surface area contributed by atoms with Gasteiger partial charge in [-0.3, -0.25) is 4.57 Å². The summed E-state index contributed by atoms with van der Waals surface area (Å²) in [7, 11) is 1.29. The summed E-state index contributed by atoms with van der Waals surface area (Å²) in [6.07, 6.45) is 0. The maximum atomic E-state index is 11.6. The van der Waals surface area contributed by atoms with Gasteiger partial charge in [-0.1, -0.05) is 17.7 Å². The topological polar surface area (TPSA) is 70.1 Å². The van der Waals surface area contributed by atoms with E-state index in [2.05, 4.69) is 9.72 Å². The lowest BCUT2D eigenvalue weighted by Crippen LogP contribution is -2.08. The maximum absolute atomic E-state index is 11.6. The molecule has 0 aliphatic heterocycles. The molecule has 1 heterocycles. The van der Waals surface area contributed by atoms with Crippen molar-refractivity contribution in [1.29, 1.82) is 0 Å². The molecule has 0 bridgehead atoms. The van der Waals surface area contributed by atoms with Crippen molar-refractivity contribution in [2.75, 3.05) is 12.8 Å². The molecule has 19 heavy (non-hydrogen) atoms. The highest BCUT2D eigenvalue weighted by molar-refractivity contribution is 6.30. The van der Waals surface area contributed by atoms with Crippen LogP contribution in [0, 0.1) is 13.8 Å². The summed E-state index contributed by atoms with van der Waals surface area (Å²) in [6, 6.07) is 5.46. The summed E-state index contributed by atoms with van der Waals surface area (Å²) in [5.41, 5.74) is 7.87. The van der Waals surface area contributed by atoms with Crippen molar-refractivity contribution in [2.45, 2.75) is 13.8 Å². The number of benzene rings is 1. The highest BCUT2D eigenvalue weighted by Gasteiger charge is 2.20. The van der Waals surface area contributed by atoms with E-state index in [9.17, 15) is 4.79 Å². The van der Waals surface area contributed by atoms with Crippen molar-refractivity contribution in [1.82, 2.24) is 9.55 Å². The molecule has 1 aromatic heterocycles. The first kappa shape index (κ1) is 13.4. The minimum atomic E-state index is -0.556. The van der Waals surface area contributed by atoms with E-state index >= 15 is 0 Å². The van der Waals surface area contributed by atoms with Gasteiger partial charge in [-0.05, 0) is 31.5 Å². The molecular weight excluding hydrogens is 266 g/mol. The lowest BCUT2D eigenvalue weighted by molar-refractivity contribution is 0.0596. The summed E-state index contributed by atoms with van der Waals surface area (Å²) in [4.78, 5) is 15.7. The summed E-state index contributed by atoms with van der Waals surface area (Å²) in [6.45, 7) is 3.70. The van der Waals surface area contributed by atoms with Crippen LogP contribution in [0.2, 0.25) is 5.02 Å². The smallest absolute Gasteiger partial charge is 0.360 e. The molecule has 0 saturated heterocycles. The van der Waals surface area contributed by atoms with Gasteiger partial charge in [0, 0.05) is 5.02 Å². The van der Waals surface area contributed by atoms with Crippen molar-refractivity contribution in [2.24, 2.45) is 0 Å². The Morgan fingerprint density at radius 3 is 2.74 bits per heavy atom. The molecule has 2 rings (SSSR count). The molecule has 0 atom stereocenters. The number of imidazole rings is 1. The molecule has 0 spiro atoms. The van der Waals surface area contributed by atoms with E-state index in [4.69, 9.17) is 17.3 Å². The molecule has 5 nitrogen and oxygen atoms in total. The maximum Gasteiger partial charge on any atom is 0.360 e. The number of nitrogens with zero attached hydrogens (tertiary/aromatic N) is 2. The zero-order valence-electron chi connectivity index (χ0n) is 10.9. The number of ether oxygens (including phenoxy) is 1. The molecule has 0 aliphatic carbocycles. The first-order valence-electron chi connectivity index (χ1n) is 5.65. The number of esters is 1. The molecule has 6 heteroatoms. The minimum absolute atomic E-state index is 0.111. The standard InChI is InChI=1S/C13H14ClN3O2/c1-7-4-5-9(14)6-10(7)17-8(2)16-11(12(17)15)13(18)19-3/h4-6H,15H2,1-3H3. The van der Waals surface area contributed by atoms with Crippen LogP contribution >= 0.6 is 11.6 Å². The average Bonchev–Trinajstić information content (AvgIpc) is 2.67.